The Kier molecular flexibility index (Phi) is 7.83. The Morgan fingerprint density at radius 1 is 1.17 bits per heavy atom. The molecule has 0 bridgehead atoms. The predicted octanol–water partition coefficient (Wildman–Crippen LogP) is 4.13. The third-order valence-electron chi connectivity index (χ3n) is 3.98. The summed E-state index contributed by atoms with van der Waals surface area (Å²) in [5.74, 6) is 0.107. The van der Waals surface area contributed by atoms with E-state index in [0.29, 0.717) is 10.8 Å². The number of thioether (sulfide) groups is 1. The van der Waals surface area contributed by atoms with Gasteiger partial charge in [0, 0.05) is 5.69 Å². The Hall–Kier alpha value is -2.65. The van der Waals surface area contributed by atoms with E-state index in [1.807, 2.05) is 35.7 Å². The van der Waals surface area contributed by atoms with Gasteiger partial charge in [0.2, 0.25) is 11.8 Å². The summed E-state index contributed by atoms with van der Waals surface area (Å²) in [6.45, 7) is 2.31. The molecule has 2 amide bonds. The molecular formula is C20H22N4O3S2. The van der Waals surface area contributed by atoms with Crippen LogP contribution in [0.4, 0.5) is 5.69 Å². The molecule has 0 saturated heterocycles. The van der Waals surface area contributed by atoms with Crippen LogP contribution in [0.15, 0.2) is 51.4 Å². The van der Waals surface area contributed by atoms with Crippen LogP contribution in [-0.4, -0.2) is 27.8 Å². The molecule has 3 aromatic rings. The number of hydrogen-bond acceptors (Lipinski definition) is 7. The summed E-state index contributed by atoms with van der Waals surface area (Å²) in [5.41, 5.74) is 2.03. The summed E-state index contributed by atoms with van der Waals surface area (Å²) in [4.78, 5) is 24.6. The molecule has 3 rings (SSSR count). The highest BCUT2D eigenvalue weighted by atomic mass is 32.2. The smallest absolute Gasteiger partial charge is 0.277 e. The third-order valence-corrected chi connectivity index (χ3v) is 5.66. The maximum absolute atomic E-state index is 12.1. The molecule has 0 aliphatic rings. The number of aryl methyl sites for hydroxylation is 1. The molecule has 0 radical (unpaired) electrons. The minimum atomic E-state index is -0.188. The van der Waals surface area contributed by atoms with Gasteiger partial charge in [-0.05, 0) is 42.0 Å². The van der Waals surface area contributed by atoms with Crippen LogP contribution in [0.25, 0.3) is 0 Å². The van der Waals surface area contributed by atoms with Crippen molar-refractivity contribution in [3.8, 4) is 0 Å². The molecule has 2 aromatic heterocycles. The largest absolute Gasteiger partial charge is 0.414 e. The molecule has 2 heterocycles. The van der Waals surface area contributed by atoms with Crippen molar-refractivity contribution in [1.29, 1.82) is 0 Å². The molecule has 0 aliphatic heterocycles. The molecule has 0 aliphatic carbocycles. The normalized spacial score (nSPS) is 10.7. The van der Waals surface area contributed by atoms with Gasteiger partial charge < -0.3 is 15.1 Å². The first-order chi connectivity index (χ1) is 14.1. The van der Waals surface area contributed by atoms with Gasteiger partial charge >= 0.3 is 0 Å². The van der Waals surface area contributed by atoms with Crippen LogP contribution < -0.4 is 10.6 Å². The van der Waals surface area contributed by atoms with E-state index in [2.05, 4.69) is 27.8 Å². The zero-order chi connectivity index (χ0) is 20.5. The fourth-order valence-corrected chi connectivity index (χ4v) is 3.70. The van der Waals surface area contributed by atoms with Crippen LogP contribution in [-0.2, 0) is 17.8 Å². The van der Waals surface area contributed by atoms with Gasteiger partial charge in [-0.15, -0.1) is 21.5 Å². The number of hydrogen-bond donors (Lipinski definition) is 2. The number of nitrogens with one attached hydrogen (secondary N) is 2. The van der Waals surface area contributed by atoms with E-state index < -0.39 is 0 Å². The molecule has 0 saturated carbocycles. The zero-order valence-electron chi connectivity index (χ0n) is 16.0. The number of nitrogens with zero attached hydrogens (tertiary/aromatic N) is 2. The van der Waals surface area contributed by atoms with Crippen LogP contribution >= 0.6 is 23.1 Å². The Balaban J connectivity index is 1.40. The van der Waals surface area contributed by atoms with Crippen molar-refractivity contribution in [1.82, 2.24) is 15.5 Å². The second-order valence-corrected chi connectivity index (χ2v) is 8.13. The predicted molar refractivity (Wildman–Crippen MR) is 114 cm³/mol. The number of unbranched alkanes of at least 4 members (excludes halogenated alkanes) is 1. The van der Waals surface area contributed by atoms with Gasteiger partial charge in [-0.1, -0.05) is 43.3 Å². The second kappa shape index (κ2) is 10.8. The average Bonchev–Trinajstić information content (AvgIpc) is 3.42. The maximum atomic E-state index is 12.1. The van der Waals surface area contributed by atoms with Gasteiger partial charge in [0.15, 0.2) is 0 Å². The number of anilines is 1. The van der Waals surface area contributed by atoms with E-state index in [9.17, 15) is 9.59 Å². The minimum Gasteiger partial charge on any atom is -0.414 e. The summed E-state index contributed by atoms with van der Waals surface area (Å²) in [6.07, 6.45) is 3.37. The van der Waals surface area contributed by atoms with Gasteiger partial charge in [0.1, 0.15) is 0 Å². The first kappa shape index (κ1) is 21.1. The third kappa shape index (κ3) is 6.72. The summed E-state index contributed by atoms with van der Waals surface area (Å²) in [5, 5.41) is 15.5. The van der Waals surface area contributed by atoms with Crippen molar-refractivity contribution in [2.45, 2.75) is 38.0 Å². The number of aromatic nitrogens is 2. The lowest BCUT2D eigenvalue weighted by Gasteiger charge is -2.05. The van der Waals surface area contributed by atoms with Crippen molar-refractivity contribution in [2.75, 3.05) is 11.1 Å². The standard InChI is InChI=1S/C20H22N4O3S2/c1-2-3-5-14-7-9-15(10-8-14)22-17(25)13-29-20-24-23-18(27-20)12-21-19(26)16-6-4-11-28-16/h4,6-11H,2-3,5,12-13H2,1H3,(H,21,26)(H,22,25). The lowest BCUT2D eigenvalue weighted by atomic mass is 10.1. The molecule has 152 valence electrons. The fourth-order valence-electron chi connectivity index (χ4n) is 2.48. The zero-order valence-corrected chi connectivity index (χ0v) is 17.6. The summed E-state index contributed by atoms with van der Waals surface area (Å²) < 4.78 is 5.45. The highest BCUT2D eigenvalue weighted by Crippen LogP contribution is 2.17. The first-order valence-corrected chi connectivity index (χ1v) is 11.2. The van der Waals surface area contributed by atoms with E-state index in [0.717, 1.165) is 36.7 Å². The van der Waals surface area contributed by atoms with Crippen LogP contribution in [0.3, 0.4) is 0 Å². The molecule has 2 N–H and O–H groups in total. The number of benzene rings is 1. The highest BCUT2D eigenvalue weighted by molar-refractivity contribution is 7.99. The molecule has 9 heteroatoms. The lowest BCUT2D eigenvalue weighted by Crippen LogP contribution is -2.21. The SMILES string of the molecule is CCCCc1ccc(NC(=O)CSc2nnc(CNC(=O)c3cccs3)o2)cc1. The summed E-state index contributed by atoms with van der Waals surface area (Å²) >= 11 is 2.51. The summed E-state index contributed by atoms with van der Waals surface area (Å²) in [6, 6.07) is 11.4. The van der Waals surface area contributed by atoms with Crippen molar-refractivity contribution >= 4 is 40.6 Å². The number of thiophene rings is 1. The van der Waals surface area contributed by atoms with Gasteiger partial charge in [0.05, 0.1) is 17.2 Å². The molecule has 0 unspecified atom stereocenters. The Morgan fingerprint density at radius 3 is 2.72 bits per heavy atom. The Bertz CT molecular complexity index is 924. The van der Waals surface area contributed by atoms with Gasteiger partial charge in [0.25, 0.3) is 11.1 Å². The second-order valence-electron chi connectivity index (χ2n) is 6.26. The van der Waals surface area contributed by atoms with E-state index in [1.54, 1.807) is 6.07 Å². The van der Waals surface area contributed by atoms with Crippen LogP contribution in [0.5, 0.6) is 0 Å². The topological polar surface area (TPSA) is 97.1 Å². The molecule has 0 fully saturated rings. The maximum Gasteiger partial charge on any atom is 0.277 e. The average molecular weight is 431 g/mol. The number of amides is 2. The van der Waals surface area contributed by atoms with Gasteiger partial charge in [-0.3, -0.25) is 9.59 Å². The fraction of sp³-hybridized carbons (Fsp3) is 0.300. The minimum absolute atomic E-state index is 0.140. The van der Waals surface area contributed by atoms with E-state index in [1.165, 1.54) is 16.9 Å². The van der Waals surface area contributed by atoms with Crippen molar-refractivity contribution in [3.05, 3.63) is 58.1 Å². The van der Waals surface area contributed by atoms with Gasteiger partial charge in [-0.25, -0.2) is 0 Å². The van der Waals surface area contributed by atoms with E-state index in [-0.39, 0.29) is 29.3 Å². The lowest BCUT2D eigenvalue weighted by molar-refractivity contribution is -0.113. The molecule has 0 atom stereocenters. The molecule has 7 nitrogen and oxygen atoms in total. The highest BCUT2D eigenvalue weighted by Gasteiger charge is 2.12. The number of carbonyl (C=O) groups is 2. The Labute approximate surface area is 177 Å². The Morgan fingerprint density at radius 2 is 2.00 bits per heavy atom. The van der Waals surface area contributed by atoms with Crippen LogP contribution in [0.2, 0.25) is 0 Å². The van der Waals surface area contributed by atoms with E-state index in [4.69, 9.17) is 4.42 Å². The first-order valence-electron chi connectivity index (χ1n) is 9.29. The number of carbonyl (C=O) groups excluding carboxylic acids is 2. The monoisotopic (exact) mass is 430 g/mol. The number of rotatable bonds is 10. The van der Waals surface area contributed by atoms with Crippen molar-refractivity contribution < 1.29 is 14.0 Å². The van der Waals surface area contributed by atoms with Crippen molar-refractivity contribution in [2.24, 2.45) is 0 Å². The van der Waals surface area contributed by atoms with Crippen LogP contribution in [0, 0.1) is 0 Å². The molecule has 0 spiro atoms. The van der Waals surface area contributed by atoms with Gasteiger partial charge in [-0.2, -0.15) is 0 Å². The molecular weight excluding hydrogens is 408 g/mol. The van der Waals surface area contributed by atoms with Crippen LogP contribution in [0.1, 0.15) is 40.9 Å². The van der Waals surface area contributed by atoms with Crippen molar-refractivity contribution in [3.63, 3.8) is 0 Å². The summed E-state index contributed by atoms with van der Waals surface area (Å²) in [7, 11) is 0. The molecule has 29 heavy (non-hydrogen) atoms. The quantitative estimate of drug-likeness (QED) is 0.469. The van der Waals surface area contributed by atoms with E-state index >= 15 is 0 Å². The molecule has 1 aromatic carbocycles.